The van der Waals surface area contributed by atoms with Crippen LogP contribution >= 0.6 is 0 Å². The summed E-state index contributed by atoms with van der Waals surface area (Å²) < 4.78 is 7.32. The van der Waals surface area contributed by atoms with Crippen molar-refractivity contribution in [2.45, 2.75) is 39.7 Å². The molecular weight excluding hydrogens is 382 g/mol. The molecule has 0 saturated carbocycles. The van der Waals surface area contributed by atoms with E-state index in [1.165, 1.54) is 11.3 Å². The smallest absolute Gasteiger partial charge is 0.243 e. The highest BCUT2D eigenvalue weighted by Gasteiger charge is 2.15. The SMILES string of the molecule is Cc1nn(C)c(C)c1CC(C)NC(=NCC(=O)N(C)C)NCCCN1CCOCC1. The predicted octanol–water partition coefficient (Wildman–Crippen LogP) is 0.314. The molecule has 9 nitrogen and oxygen atoms in total. The van der Waals surface area contributed by atoms with Gasteiger partial charge in [0.15, 0.2) is 5.96 Å². The quantitative estimate of drug-likeness (QED) is 0.339. The van der Waals surface area contributed by atoms with Gasteiger partial charge >= 0.3 is 0 Å². The van der Waals surface area contributed by atoms with Gasteiger partial charge in [0.1, 0.15) is 6.54 Å². The van der Waals surface area contributed by atoms with Crippen LogP contribution in [0, 0.1) is 13.8 Å². The van der Waals surface area contributed by atoms with E-state index in [0.717, 1.165) is 57.9 Å². The number of carbonyl (C=O) groups is 1. The Morgan fingerprint density at radius 2 is 2.00 bits per heavy atom. The Hall–Kier alpha value is -2.13. The highest BCUT2D eigenvalue weighted by Crippen LogP contribution is 2.14. The number of nitrogens with zero attached hydrogens (tertiary/aromatic N) is 5. The molecule has 30 heavy (non-hydrogen) atoms. The van der Waals surface area contributed by atoms with Gasteiger partial charge in [0, 0.05) is 52.5 Å². The molecule has 0 aromatic carbocycles. The molecule has 2 rings (SSSR count). The number of hydrogen-bond acceptors (Lipinski definition) is 5. The summed E-state index contributed by atoms with van der Waals surface area (Å²) in [4.78, 5) is 20.5. The first-order chi connectivity index (χ1) is 14.3. The first kappa shape index (κ1) is 24.1. The van der Waals surface area contributed by atoms with Crippen LogP contribution in [0.3, 0.4) is 0 Å². The number of aryl methyl sites for hydroxylation is 2. The van der Waals surface area contributed by atoms with Crippen molar-refractivity contribution in [2.75, 3.05) is 60.0 Å². The Morgan fingerprint density at radius 3 is 2.60 bits per heavy atom. The topological polar surface area (TPSA) is 87.0 Å². The van der Waals surface area contributed by atoms with Crippen molar-refractivity contribution in [3.8, 4) is 0 Å². The van der Waals surface area contributed by atoms with Gasteiger partial charge in [0.25, 0.3) is 0 Å². The van der Waals surface area contributed by atoms with Crippen molar-refractivity contribution in [1.82, 2.24) is 30.2 Å². The zero-order valence-electron chi connectivity index (χ0n) is 19.5. The largest absolute Gasteiger partial charge is 0.379 e. The number of rotatable bonds is 9. The third-order valence-electron chi connectivity index (χ3n) is 5.47. The van der Waals surface area contributed by atoms with E-state index in [4.69, 9.17) is 4.74 Å². The van der Waals surface area contributed by atoms with Gasteiger partial charge in [-0.15, -0.1) is 0 Å². The van der Waals surface area contributed by atoms with E-state index in [9.17, 15) is 4.79 Å². The van der Waals surface area contributed by atoms with Crippen molar-refractivity contribution in [3.05, 3.63) is 17.0 Å². The summed E-state index contributed by atoms with van der Waals surface area (Å²) in [6.07, 6.45) is 1.86. The Morgan fingerprint density at radius 1 is 1.30 bits per heavy atom. The molecule has 2 heterocycles. The Labute approximate surface area is 180 Å². The summed E-state index contributed by atoms with van der Waals surface area (Å²) in [6, 6.07) is 0.159. The van der Waals surface area contributed by atoms with E-state index in [-0.39, 0.29) is 18.5 Å². The summed E-state index contributed by atoms with van der Waals surface area (Å²) in [7, 11) is 5.47. The fraction of sp³-hybridized carbons (Fsp3) is 0.762. The lowest BCUT2D eigenvalue weighted by molar-refractivity contribution is -0.127. The lowest BCUT2D eigenvalue weighted by atomic mass is 10.1. The second kappa shape index (κ2) is 11.9. The maximum Gasteiger partial charge on any atom is 0.243 e. The molecule has 1 amide bonds. The fourth-order valence-corrected chi connectivity index (χ4v) is 3.48. The van der Waals surface area contributed by atoms with Gasteiger partial charge < -0.3 is 20.3 Å². The zero-order valence-corrected chi connectivity index (χ0v) is 19.5. The second-order valence-electron chi connectivity index (χ2n) is 8.21. The zero-order chi connectivity index (χ0) is 22.1. The number of carbonyl (C=O) groups excluding carboxylic acids is 1. The molecule has 1 saturated heterocycles. The van der Waals surface area contributed by atoms with Gasteiger partial charge in [-0.25, -0.2) is 4.99 Å². The van der Waals surface area contributed by atoms with Crippen LogP contribution in [-0.4, -0.2) is 97.5 Å². The van der Waals surface area contributed by atoms with E-state index in [1.807, 2.05) is 18.7 Å². The maximum atomic E-state index is 12.0. The van der Waals surface area contributed by atoms with Crippen molar-refractivity contribution < 1.29 is 9.53 Å². The van der Waals surface area contributed by atoms with E-state index in [1.54, 1.807) is 19.0 Å². The molecule has 1 unspecified atom stereocenters. The first-order valence-corrected chi connectivity index (χ1v) is 10.8. The average Bonchev–Trinajstić information content (AvgIpc) is 2.95. The first-order valence-electron chi connectivity index (χ1n) is 10.8. The molecule has 1 atom stereocenters. The number of hydrogen-bond donors (Lipinski definition) is 2. The second-order valence-corrected chi connectivity index (χ2v) is 8.21. The van der Waals surface area contributed by atoms with E-state index >= 15 is 0 Å². The normalized spacial score (nSPS) is 16.4. The third-order valence-corrected chi connectivity index (χ3v) is 5.47. The molecule has 1 aromatic rings. The standard InChI is InChI=1S/C21H39N7O2/c1-16(14-19-17(2)25-27(6)18(19)3)24-21(23-15-20(29)26(4)5)22-8-7-9-28-10-12-30-13-11-28/h16H,7-15H2,1-6H3,(H2,22,23,24). The molecule has 1 aliphatic rings. The molecule has 0 radical (unpaired) electrons. The van der Waals surface area contributed by atoms with Gasteiger partial charge in [0.2, 0.25) is 5.91 Å². The number of likely N-dealkylation sites (N-methyl/N-ethyl adjacent to an activating group) is 1. The van der Waals surface area contributed by atoms with E-state index in [0.29, 0.717) is 5.96 Å². The molecule has 170 valence electrons. The average molecular weight is 422 g/mol. The van der Waals surface area contributed by atoms with Crippen LogP contribution in [0.25, 0.3) is 0 Å². The van der Waals surface area contributed by atoms with Gasteiger partial charge in [0.05, 0.1) is 18.9 Å². The molecule has 0 aliphatic carbocycles. The summed E-state index contributed by atoms with van der Waals surface area (Å²) in [6.45, 7) is 11.9. The summed E-state index contributed by atoms with van der Waals surface area (Å²) >= 11 is 0. The minimum atomic E-state index is -0.0176. The Kier molecular flexibility index (Phi) is 9.58. The van der Waals surface area contributed by atoms with Gasteiger partial charge in [-0.3, -0.25) is 14.4 Å². The molecule has 1 aliphatic heterocycles. The van der Waals surface area contributed by atoms with E-state index < -0.39 is 0 Å². The van der Waals surface area contributed by atoms with Crippen LogP contribution in [0.15, 0.2) is 4.99 Å². The molecule has 9 heteroatoms. The van der Waals surface area contributed by atoms with E-state index in [2.05, 4.69) is 39.5 Å². The highest BCUT2D eigenvalue weighted by molar-refractivity contribution is 5.84. The number of aliphatic imine (C=N–C) groups is 1. The fourth-order valence-electron chi connectivity index (χ4n) is 3.48. The van der Waals surface area contributed by atoms with Crippen molar-refractivity contribution in [1.29, 1.82) is 0 Å². The number of ether oxygens (including phenoxy) is 1. The van der Waals surface area contributed by atoms with Crippen LogP contribution in [0.4, 0.5) is 0 Å². The van der Waals surface area contributed by atoms with Crippen molar-refractivity contribution in [2.24, 2.45) is 12.0 Å². The summed E-state index contributed by atoms with van der Waals surface area (Å²) in [5.41, 5.74) is 3.50. The number of aromatic nitrogens is 2. The van der Waals surface area contributed by atoms with Crippen molar-refractivity contribution >= 4 is 11.9 Å². The number of morpholine rings is 1. The minimum absolute atomic E-state index is 0.0176. The Bertz CT molecular complexity index is 708. The molecule has 1 fully saturated rings. The molecule has 0 spiro atoms. The molecule has 2 N–H and O–H groups in total. The molecular formula is C21H39N7O2. The van der Waals surface area contributed by atoms with Gasteiger partial charge in [-0.05, 0) is 45.7 Å². The maximum absolute atomic E-state index is 12.0. The monoisotopic (exact) mass is 421 g/mol. The van der Waals surface area contributed by atoms with Gasteiger partial charge in [-0.2, -0.15) is 5.10 Å². The summed E-state index contributed by atoms with van der Waals surface area (Å²) in [5.74, 6) is 0.662. The van der Waals surface area contributed by atoms with Crippen LogP contribution in [0.2, 0.25) is 0 Å². The lowest BCUT2D eigenvalue weighted by Gasteiger charge is -2.26. The van der Waals surface area contributed by atoms with Crippen LogP contribution in [0.5, 0.6) is 0 Å². The van der Waals surface area contributed by atoms with Crippen LogP contribution < -0.4 is 10.6 Å². The summed E-state index contributed by atoms with van der Waals surface area (Å²) in [5, 5.41) is 11.4. The van der Waals surface area contributed by atoms with Crippen molar-refractivity contribution in [3.63, 3.8) is 0 Å². The van der Waals surface area contributed by atoms with Crippen LogP contribution in [0.1, 0.15) is 30.3 Å². The van der Waals surface area contributed by atoms with Gasteiger partial charge in [-0.1, -0.05) is 0 Å². The predicted molar refractivity (Wildman–Crippen MR) is 120 cm³/mol. The minimum Gasteiger partial charge on any atom is -0.379 e. The third kappa shape index (κ3) is 7.60. The lowest BCUT2D eigenvalue weighted by Crippen LogP contribution is -2.45. The van der Waals surface area contributed by atoms with Crippen LogP contribution in [-0.2, 0) is 23.0 Å². The highest BCUT2D eigenvalue weighted by atomic mass is 16.5. The number of amides is 1. The Balaban J connectivity index is 1.90. The molecule has 0 bridgehead atoms. The number of nitrogens with one attached hydrogen (secondary N) is 2. The number of guanidine groups is 1. The molecule has 1 aromatic heterocycles.